The summed E-state index contributed by atoms with van der Waals surface area (Å²) in [6.07, 6.45) is 32.4. The van der Waals surface area contributed by atoms with Crippen LogP contribution in [0.1, 0.15) is 137 Å². The fourth-order valence-electron chi connectivity index (χ4n) is 8.06. The predicted octanol–water partition coefficient (Wildman–Crippen LogP) is 20.8. The molecule has 0 bridgehead atoms. The summed E-state index contributed by atoms with van der Waals surface area (Å²) in [6, 6.07) is 33.8. The van der Waals surface area contributed by atoms with Crippen molar-refractivity contribution in [1.29, 1.82) is 0 Å². The van der Waals surface area contributed by atoms with E-state index in [1.54, 1.807) is 68.3 Å². The molecule has 0 amide bonds. The van der Waals surface area contributed by atoms with E-state index in [0.717, 1.165) is 82.9 Å². The Bertz CT molecular complexity index is 3400. The van der Waals surface area contributed by atoms with E-state index in [4.69, 9.17) is 0 Å². The minimum absolute atomic E-state index is 0.965. The number of nitrogens with zero attached hydrogens (tertiary/aromatic N) is 14. The molecule has 0 aliphatic rings. The number of aryl methyl sites for hydroxylation is 7. The molecule has 476 valence electrons. The van der Waals surface area contributed by atoms with Gasteiger partial charge in [-0.05, 0) is 143 Å². The van der Waals surface area contributed by atoms with Gasteiger partial charge in [-0.2, -0.15) is 0 Å². The van der Waals surface area contributed by atoms with Crippen molar-refractivity contribution in [3.63, 3.8) is 0 Å². The molecule has 14 rings (SSSR count). The first-order chi connectivity index (χ1) is 44.6. The van der Waals surface area contributed by atoms with Gasteiger partial charge in [0.15, 0.2) is 0 Å². The Balaban J connectivity index is 0.000000514. The first kappa shape index (κ1) is 78.9. The minimum Gasteiger partial charge on any atom is -0.264 e. The normalized spacial score (nSPS) is 9.15. The summed E-state index contributed by atoms with van der Waals surface area (Å²) in [5, 5.41) is 11.6. The predicted molar refractivity (Wildman–Crippen MR) is 389 cm³/mol. The van der Waals surface area contributed by atoms with Gasteiger partial charge in [-0.25, -0.2) is 9.97 Å². The standard InChI is InChI=1S/7C9H8N2.7C2H6/c1-7-9-3-4-10-6-8(9)2-5-11-7;1-7-9-6-10-4-2-8(9)3-5-11-7;1-7-4-11-6-8-5-10-3-2-9(7)8;1-7-8-3-2-5-11-9(8)4-6-10-7;1-7-9-8(4-6-10-7)3-2-5-11-9;1-7-5-10-6-9-8(7)3-2-4-11-9;1-7-8-4-2-3-5-9(8)11-6-10-7;7*1-2/h7*2-6H,1H3;7*1-2H3. The van der Waals surface area contributed by atoms with Crippen LogP contribution in [0.25, 0.3) is 75.9 Å². The summed E-state index contributed by atoms with van der Waals surface area (Å²) < 4.78 is 0. The first-order valence-corrected chi connectivity index (χ1v) is 31.7. The second kappa shape index (κ2) is 47.9. The van der Waals surface area contributed by atoms with Crippen LogP contribution in [0.4, 0.5) is 0 Å². The molecule has 14 nitrogen and oxygen atoms in total. The van der Waals surface area contributed by atoms with E-state index in [1.165, 1.54) is 32.7 Å². The molecule has 0 unspecified atom stereocenters. The van der Waals surface area contributed by atoms with E-state index in [2.05, 4.69) is 82.8 Å². The van der Waals surface area contributed by atoms with E-state index in [0.29, 0.717) is 0 Å². The Labute approximate surface area is 542 Å². The van der Waals surface area contributed by atoms with Gasteiger partial charge in [-0.3, -0.25) is 59.8 Å². The van der Waals surface area contributed by atoms with E-state index < -0.39 is 0 Å². The molecule has 0 radical (unpaired) electrons. The van der Waals surface area contributed by atoms with Crippen LogP contribution in [0.5, 0.6) is 0 Å². The molecule has 14 aromatic rings. The monoisotopic (exact) mass is 1220 g/mol. The average Bonchev–Trinajstić information content (AvgIpc) is 3.66. The van der Waals surface area contributed by atoms with E-state index in [9.17, 15) is 0 Å². The topological polar surface area (TPSA) is 180 Å². The van der Waals surface area contributed by atoms with Crippen molar-refractivity contribution >= 4 is 75.9 Å². The van der Waals surface area contributed by atoms with Crippen molar-refractivity contribution in [3.05, 3.63) is 254 Å². The van der Waals surface area contributed by atoms with Crippen molar-refractivity contribution in [2.75, 3.05) is 0 Å². The highest BCUT2D eigenvalue weighted by molar-refractivity contribution is 5.85. The third-order valence-corrected chi connectivity index (χ3v) is 12.2. The third kappa shape index (κ3) is 25.9. The molecule has 91 heavy (non-hydrogen) atoms. The molecule has 0 spiro atoms. The summed E-state index contributed by atoms with van der Waals surface area (Å²) in [4.78, 5) is 57.7. The number of hydrogen-bond acceptors (Lipinski definition) is 14. The van der Waals surface area contributed by atoms with Crippen LogP contribution in [-0.4, -0.2) is 69.8 Å². The largest absolute Gasteiger partial charge is 0.264 e. The van der Waals surface area contributed by atoms with Crippen molar-refractivity contribution in [2.24, 2.45) is 0 Å². The average molecular weight is 1220 g/mol. The van der Waals surface area contributed by atoms with Crippen LogP contribution in [0.15, 0.2) is 215 Å². The first-order valence-electron chi connectivity index (χ1n) is 31.7. The molecular weight excluding hydrogens is 1120 g/mol. The van der Waals surface area contributed by atoms with Gasteiger partial charge in [0.05, 0.1) is 34.0 Å². The van der Waals surface area contributed by atoms with Crippen molar-refractivity contribution < 1.29 is 0 Å². The molecule has 0 aliphatic carbocycles. The molecule has 13 aromatic heterocycles. The van der Waals surface area contributed by atoms with Crippen LogP contribution < -0.4 is 0 Å². The molecule has 0 N–H and O–H groups in total. The highest BCUT2D eigenvalue weighted by Crippen LogP contribution is 2.18. The zero-order chi connectivity index (χ0) is 67.8. The summed E-state index contributed by atoms with van der Waals surface area (Å²) >= 11 is 0. The third-order valence-electron chi connectivity index (χ3n) is 12.2. The maximum Gasteiger partial charge on any atom is 0.116 e. The van der Waals surface area contributed by atoms with Gasteiger partial charge in [0, 0.05) is 165 Å². The second-order valence-electron chi connectivity index (χ2n) is 17.5. The lowest BCUT2D eigenvalue weighted by molar-refractivity contribution is 1.15. The summed E-state index contributed by atoms with van der Waals surface area (Å²) in [5.74, 6) is 0. The Morgan fingerprint density at radius 2 is 0.626 bits per heavy atom. The Morgan fingerprint density at radius 3 is 1.22 bits per heavy atom. The van der Waals surface area contributed by atoms with Crippen LogP contribution in [-0.2, 0) is 0 Å². The molecule has 0 atom stereocenters. The molecule has 14 heteroatoms. The number of hydrogen-bond donors (Lipinski definition) is 0. The maximum atomic E-state index is 4.22. The highest BCUT2D eigenvalue weighted by Gasteiger charge is 2.00. The molecule has 0 saturated carbocycles. The van der Waals surface area contributed by atoms with Gasteiger partial charge >= 0.3 is 0 Å². The quantitative estimate of drug-likeness (QED) is 0.140. The highest BCUT2D eigenvalue weighted by atomic mass is 14.8. The number of benzene rings is 1. The van der Waals surface area contributed by atoms with Gasteiger partial charge < -0.3 is 0 Å². The van der Waals surface area contributed by atoms with Gasteiger partial charge in [0.1, 0.15) is 6.33 Å². The van der Waals surface area contributed by atoms with Crippen LogP contribution >= 0.6 is 0 Å². The lowest BCUT2D eigenvalue weighted by Crippen LogP contribution is -1.85. The Kier molecular flexibility index (Phi) is 41.6. The number of pyridine rings is 12. The van der Waals surface area contributed by atoms with Gasteiger partial charge in [-0.1, -0.05) is 127 Å². The Morgan fingerprint density at radius 1 is 0.209 bits per heavy atom. The molecule has 0 aliphatic heterocycles. The van der Waals surface area contributed by atoms with Gasteiger partial charge in [0.25, 0.3) is 0 Å². The van der Waals surface area contributed by atoms with Crippen molar-refractivity contribution in [3.8, 4) is 0 Å². The zero-order valence-corrected chi connectivity index (χ0v) is 58.0. The van der Waals surface area contributed by atoms with Crippen molar-refractivity contribution in [2.45, 2.75) is 145 Å². The van der Waals surface area contributed by atoms with Crippen LogP contribution in [0, 0.1) is 48.5 Å². The summed E-state index contributed by atoms with van der Waals surface area (Å²) in [6.45, 7) is 42.0. The van der Waals surface area contributed by atoms with E-state index >= 15 is 0 Å². The molecular formula is C77H98N14. The smallest absolute Gasteiger partial charge is 0.116 e. The summed E-state index contributed by atoms with van der Waals surface area (Å²) in [5.41, 5.74) is 11.5. The molecule has 1 aromatic carbocycles. The Hall–Kier alpha value is -10.1. The van der Waals surface area contributed by atoms with Crippen molar-refractivity contribution in [1.82, 2.24) is 69.8 Å². The molecule has 13 heterocycles. The fraction of sp³-hybridized carbons (Fsp3) is 0.273. The SMILES string of the molecule is CC.CC.CC.CC.CC.CC.CC.Cc1cncc2cnccc12.Cc1cncc2ncccc12.Cc1nccc2cccnc12.Cc1nccc2ccncc12.Cc1nccc2cnccc12.Cc1nccc2ncccc12.Cc1ncnc2ccccc12. The van der Waals surface area contributed by atoms with Crippen LogP contribution in [0.3, 0.4) is 0 Å². The lowest BCUT2D eigenvalue weighted by atomic mass is 10.1. The summed E-state index contributed by atoms with van der Waals surface area (Å²) in [7, 11) is 0. The number of aromatic nitrogens is 14. The second-order valence-corrected chi connectivity index (χ2v) is 17.5. The fourth-order valence-corrected chi connectivity index (χ4v) is 8.06. The lowest BCUT2D eigenvalue weighted by Gasteiger charge is -1.97. The van der Waals surface area contributed by atoms with Crippen LogP contribution in [0.2, 0.25) is 0 Å². The van der Waals surface area contributed by atoms with Gasteiger partial charge in [0.2, 0.25) is 0 Å². The molecule has 0 saturated heterocycles. The van der Waals surface area contributed by atoms with E-state index in [-0.39, 0.29) is 0 Å². The molecule has 0 fully saturated rings. The maximum absolute atomic E-state index is 4.22. The number of rotatable bonds is 0. The minimum atomic E-state index is 0.965. The van der Waals surface area contributed by atoms with Gasteiger partial charge in [-0.15, -0.1) is 0 Å². The van der Waals surface area contributed by atoms with E-state index in [1.807, 2.05) is 279 Å². The number of fused-ring (bicyclic) bond motifs is 7. The zero-order valence-electron chi connectivity index (χ0n) is 58.0. The number of para-hydroxylation sites is 1.